The molecule has 9 nitrogen and oxygen atoms in total. The van der Waals surface area contributed by atoms with Gasteiger partial charge in [0.25, 0.3) is 0 Å². The molecule has 0 aliphatic carbocycles. The largest absolute Gasteiger partial charge is 0.480 e. The topological polar surface area (TPSA) is 151 Å². The van der Waals surface area contributed by atoms with Crippen molar-refractivity contribution >= 4 is 35.5 Å². The molecule has 0 aromatic heterocycles. The highest BCUT2D eigenvalue weighted by Gasteiger charge is 2.30. The minimum Gasteiger partial charge on any atom is -0.480 e. The van der Waals surface area contributed by atoms with Gasteiger partial charge in [0, 0.05) is 0 Å². The number of carbonyl (C=O) groups excluding carboxylic acids is 3. The molecule has 3 amide bonds. The summed E-state index contributed by atoms with van der Waals surface area (Å²) in [4.78, 5) is 48.3. The normalized spacial score (nSPS) is 14.3. The van der Waals surface area contributed by atoms with Crippen LogP contribution in [-0.4, -0.2) is 65.5 Å². The van der Waals surface area contributed by atoms with Crippen molar-refractivity contribution in [1.29, 1.82) is 0 Å². The summed E-state index contributed by atoms with van der Waals surface area (Å²) in [5.74, 6) is -2.23. The van der Waals surface area contributed by atoms with Crippen LogP contribution in [-0.2, 0) is 19.2 Å². The van der Waals surface area contributed by atoms with E-state index < -0.39 is 41.8 Å². The Morgan fingerprint density at radius 3 is 1.96 bits per heavy atom. The number of nitrogens with two attached hydrogens (primary N) is 1. The number of hydrogen-bond donors (Lipinski definition) is 5. The van der Waals surface area contributed by atoms with E-state index in [1.54, 1.807) is 13.8 Å². The molecule has 0 saturated carbocycles. The molecule has 0 spiro atoms. The zero-order valence-electron chi connectivity index (χ0n) is 17.3. The number of aliphatic carboxylic acids is 1. The Labute approximate surface area is 170 Å². The van der Waals surface area contributed by atoms with Crippen molar-refractivity contribution in [2.45, 2.75) is 58.7 Å². The predicted octanol–water partition coefficient (Wildman–Crippen LogP) is -0.0607. The van der Waals surface area contributed by atoms with Gasteiger partial charge in [0.1, 0.15) is 18.1 Å². The van der Waals surface area contributed by atoms with Crippen LogP contribution in [0.5, 0.6) is 0 Å². The molecule has 28 heavy (non-hydrogen) atoms. The number of carbonyl (C=O) groups is 4. The molecule has 162 valence electrons. The third-order valence-electron chi connectivity index (χ3n) is 4.02. The molecule has 0 aromatic rings. The number of amides is 3. The maximum Gasteiger partial charge on any atom is 0.326 e. The van der Waals surface area contributed by atoms with Crippen molar-refractivity contribution < 1.29 is 24.3 Å². The molecular weight excluding hydrogens is 384 g/mol. The Bertz CT molecular complexity index is 542. The molecule has 0 bridgehead atoms. The van der Waals surface area contributed by atoms with E-state index in [-0.39, 0.29) is 18.4 Å². The molecule has 0 saturated heterocycles. The Morgan fingerprint density at radius 1 is 0.964 bits per heavy atom. The SMILES string of the molecule is CSCCC(NC(=O)CN)C(=O)NC(CC(C)C)C(=O)NC(C(=O)O)C(C)C. The molecule has 0 fully saturated rings. The first-order chi connectivity index (χ1) is 13.0. The lowest BCUT2D eigenvalue weighted by atomic mass is 10.00. The minimum atomic E-state index is -1.13. The third kappa shape index (κ3) is 9.93. The zero-order valence-corrected chi connectivity index (χ0v) is 18.1. The Hall–Kier alpha value is -1.81. The van der Waals surface area contributed by atoms with Gasteiger partial charge < -0.3 is 26.8 Å². The van der Waals surface area contributed by atoms with Crippen LogP contribution in [0.3, 0.4) is 0 Å². The quantitative estimate of drug-likeness (QED) is 0.281. The van der Waals surface area contributed by atoms with Crippen molar-refractivity contribution in [3.05, 3.63) is 0 Å². The Balaban J connectivity index is 5.30. The first kappa shape index (κ1) is 26.2. The predicted molar refractivity (Wildman–Crippen MR) is 110 cm³/mol. The van der Waals surface area contributed by atoms with Gasteiger partial charge in [-0.3, -0.25) is 14.4 Å². The number of carboxylic acid groups (broad SMARTS) is 1. The third-order valence-corrected chi connectivity index (χ3v) is 4.66. The number of nitrogens with one attached hydrogen (secondary N) is 3. The van der Waals surface area contributed by atoms with Gasteiger partial charge in [-0.1, -0.05) is 27.7 Å². The van der Waals surface area contributed by atoms with Crippen molar-refractivity contribution in [3.63, 3.8) is 0 Å². The molecule has 0 heterocycles. The van der Waals surface area contributed by atoms with Gasteiger partial charge in [-0.15, -0.1) is 0 Å². The maximum atomic E-state index is 12.7. The van der Waals surface area contributed by atoms with Gasteiger partial charge >= 0.3 is 5.97 Å². The van der Waals surface area contributed by atoms with Gasteiger partial charge in [0.2, 0.25) is 17.7 Å². The number of carboxylic acids is 1. The molecule has 6 N–H and O–H groups in total. The summed E-state index contributed by atoms with van der Waals surface area (Å²) >= 11 is 1.53. The lowest BCUT2D eigenvalue weighted by Gasteiger charge is -2.26. The fourth-order valence-electron chi connectivity index (χ4n) is 2.50. The van der Waals surface area contributed by atoms with Crippen molar-refractivity contribution in [3.8, 4) is 0 Å². The molecule has 10 heteroatoms. The molecule has 0 aliphatic heterocycles. The number of hydrogen-bond acceptors (Lipinski definition) is 6. The van der Waals surface area contributed by atoms with E-state index in [0.29, 0.717) is 18.6 Å². The fourth-order valence-corrected chi connectivity index (χ4v) is 2.97. The van der Waals surface area contributed by atoms with E-state index in [0.717, 1.165) is 0 Å². The first-order valence-corrected chi connectivity index (χ1v) is 10.7. The van der Waals surface area contributed by atoms with Crippen LogP contribution in [0.25, 0.3) is 0 Å². The van der Waals surface area contributed by atoms with Crippen LogP contribution in [0.2, 0.25) is 0 Å². The Kier molecular flexibility index (Phi) is 12.5. The standard InChI is InChI=1S/C18H34N4O5S/c1-10(2)8-13(17(25)22-15(11(3)4)18(26)27)21-16(24)12(6-7-28-5)20-14(23)9-19/h10-13,15H,6-9,19H2,1-5H3,(H,20,23)(H,21,24)(H,22,25)(H,26,27). The van der Waals surface area contributed by atoms with E-state index >= 15 is 0 Å². The molecule has 0 aliphatic rings. The average molecular weight is 419 g/mol. The molecule has 3 atom stereocenters. The summed E-state index contributed by atoms with van der Waals surface area (Å²) < 4.78 is 0. The van der Waals surface area contributed by atoms with Crippen LogP contribution in [0.1, 0.15) is 40.5 Å². The number of rotatable bonds is 13. The number of thioether (sulfide) groups is 1. The van der Waals surface area contributed by atoms with Crippen molar-refractivity contribution in [2.24, 2.45) is 17.6 Å². The summed E-state index contributed by atoms with van der Waals surface area (Å²) in [6, 6.07) is -2.77. The second-order valence-electron chi connectivity index (χ2n) is 7.36. The van der Waals surface area contributed by atoms with E-state index in [1.165, 1.54) is 11.8 Å². The van der Waals surface area contributed by atoms with E-state index in [4.69, 9.17) is 5.73 Å². The minimum absolute atomic E-state index is 0.0849. The van der Waals surface area contributed by atoms with Crippen molar-refractivity contribution in [1.82, 2.24) is 16.0 Å². The summed E-state index contributed by atoms with van der Waals surface area (Å²) in [7, 11) is 0. The highest BCUT2D eigenvalue weighted by atomic mass is 32.2. The molecule has 0 radical (unpaired) electrons. The molecule has 3 unspecified atom stereocenters. The second kappa shape index (κ2) is 13.4. The van der Waals surface area contributed by atoms with Crippen LogP contribution in [0.4, 0.5) is 0 Å². The van der Waals surface area contributed by atoms with E-state index in [1.807, 2.05) is 20.1 Å². The summed E-state index contributed by atoms with van der Waals surface area (Å²) in [5.41, 5.74) is 5.31. The first-order valence-electron chi connectivity index (χ1n) is 9.35. The molecule has 0 rings (SSSR count). The van der Waals surface area contributed by atoms with E-state index in [9.17, 15) is 24.3 Å². The van der Waals surface area contributed by atoms with Crippen LogP contribution in [0, 0.1) is 11.8 Å². The lowest BCUT2D eigenvalue weighted by molar-refractivity contribution is -0.143. The van der Waals surface area contributed by atoms with Crippen LogP contribution < -0.4 is 21.7 Å². The highest BCUT2D eigenvalue weighted by molar-refractivity contribution is 7.98. The highest BCUT2D eigenvalue weighted by Crippen LogP contribution is 2.09. The van der Waals surface area contributed by atoms with E-state index in [2.05, 4.69) is 16.0 Å². The van der Waals surface area contributed by atoms with Gasteiger partial charge in [-0.25, -0.2) is 4.79 Å². The van der Waals surface area contributed by atoms with Gasteiger partial charge in [0.15, 0.2) is 0 Å². The average Bonchev–Trinajstić information content (AvgIpc) is 2.60. The molecule has 0 aromatic carbocycles. The lowest BCUT2D eigenvalue weighted by Crippen LogP contribution is -2.57. The summed E-state index contributed by atoms with van der Waals surface area (Å²) in [6.07, 6.45) is 2.60. The fraction of sp³-hybridized carbons (Fsp3) is 0.778. The zero-order chi connectivity index (χ0) is 21.9. The van der Waals surface area contributed by atoms with Gasteiger partial charge in [-0.05, 0) is 36.7 Å². The monoisotopic (exact) mass is 418 g/mol. The van der Waals surface area contributed by atoms with Crippen molar-refractivity contribution in [2.75, 3.05) is 18.6 Å². The molecular formula is C18H34N4O5S. The maximum absolute atomic E-state index is 12.7. The van der Waals surface area contributed by atoms with Gasteiger partial charge in [-0.2, -0.15) is 11.8 Å². The Morgan fingerprint density at radius 2 is 1.54 bits per heavy atom. The summed E-state index contributed by atoms with van der Waals surface area (Å²) in [6.45, 7) is 6.93. The van der Waals surface area contributed by atoms with Crippen LogP contribution in [0.15, 0.2) is 0 Å². The summed E-state index contributed by atoms with van der Waals surface area (Å²) in [5, 5.41) is 17.0. The van der Waals surface area contributed by atoms with Gasteiger partial charge in [0.05, 0.1) is 6.54 Å². The second-order valence-corrected chi connectivity index (χ2v) is 8.35. The smallest absolute Gasteiger partial charge is 0.326 e. The van der Waals surface area contributed by atoms with Crippen LogP contribution >= 0.6 is 11.8 Å².